The van der Waals surface area contributed by atoms with Gasteiger partial charge in [-0.2, -0.15) is 0 Å². The van der Waals surface area contributed by atoms with Crippen LogP contribution in [0.2, 0.25) is 0 Å². The Labute approximate surface area is 114 Å². The largest absolute Gasteiger partial charge is 0.397 e. The summed E-state index contributed by atoms with van der Waals surface area (Å²) in [6.07, 6.45) is 0. The van der Waals surface area contributed by atoms with Crippen LogP contribution in [0.4, 0.5) is 17.1 Å². The fraction of sp³-hybridized carbons (Fsp3) is 0.250. The third-order valence-corrected chi connectivity index (χ3v) is 3.09. The molecule has 4 N–H and O–H groups in total. The number of anilines is 3. The molecule has 0 aliphatic heterocycles. The van der Waals surface area contributed by atoms with Crippen LogP contribution in [0.3, 0.4) is 0 Å². The Bertz CT molecular complexity index is 583. The van der Waals surface area contributed by atoms with E-state index in [0.717, 1.165) is 22.6 Å². The molecule has 2 aromatic carbocycles. The van der Waals surface area contributed by atoms with E-state index in [1.54, 1.807) is 0 Å². The van der Waals surface area contributed by atoms with Crippen molar-refractivity contribution < 1.29 is 0 Å². The van der Waals surface area contributed by atoms with Gasteiger partial charge >= 0.3 is 0 Å². The average Bonchev–Trinajstić information content (AvgIpc) is 2.30. The van der Waals surface area contributed by atoms with Crippen LogP contribution in [-0.2, 0) is 0 Å². The number of benzene rings is 2. The molecular formula is C16H21N3. The SMILES string of the molecule is Cc1cc(C)cc(NNc2cc(C)cc(C)c2N)c1. The van der Waals surface area contributed by atoms with Crippen LogP contribution in [-0.4, -0.2) is 0 Å². The number of hydrogen-bond donors (Lipinski definition) is 3. The van der Waals surface area contributed by atoms with Gasteiger partial charge in [0.15, 0.2) is 0 Å². The molecule has 100 valence electrons. The van der Waals surface area contributed by atoms with Gasteiger partial charge in [-0.3, -0.25) is 5.43 Å². The van der Waals surface area contributed by atoms with Gasteiger partial charge in [0.1, 0.15) is 0 Å². The lowest BCUT2D eigenvalue weighted by Crippen LogP contribution is -2.11. The first-order valence-electron chi connectivity index (χ1n) is 6.43. The summed E-state index contributed by atoms with van der Waals surface area (Å²) in [5.74, 6) is 0. The minimum atomic E-state index is 0.780. The Kier molecular flexibility index (Phi) is 3.65. The summed E-state index contributed by atoms with van der Waals surface area (Å²) in [5.41, 5.74) is 19.9. The van der Waals surface area contributed by atoms with Crippen molar-refractivity contribution >= 4 is 17.1 Å². The molecule has 0 heterocycles. The second kappa shape index (κ2) is 5.22. The Morgan fingerprint density at radius 1 is 0.737 bits per heavy atom. The van der Waals surface area contributed by atoms with Crippen LogP contribution in [0, 0.1) is 27.7 Å². The number of aryl methyl sites for hydroxylation is 4. The Balaban J connectivity index is 2.19. The molecule has 0 amide bonds. The van der Waals surface area contributed by atoms with Crippen LogP contribution >= 0.6 is 0 Å². The number of hydrogen-bond acceptors (Lipinski definition) is 3. The molecule has 0 saturated carbocycles. The molecule has 0 radical (unpaired) electrons. The molecule has 0 atom stereocenters. The van der Waals surface area contributed by atoms with Crippen LogP contribution in [0.25, 0.3) is 0 Å². The van der Waals surface area contributed by atoms with Crippen LogP contribution in [0.15, 0.2) is 30.3 Å². The summed E-state index contributed by atoms with van der Waals surface area (Å²) >= 11 is 0. The van der Waals surface area contributed by atoms with Crippen molar-refractivity contribution in [2.75, 3.05) is 16.6 Å². The molecule has 2 aromatic rings. The monoisotopic (exact) mass is 255 g/mol. The van der Waals surface area contributed by atoms with E-state index < -0.39 is 0 Å². The minimum Gasteiger partial charge on any atom is -0.397 e. The zero-order valence-electron chi connectivity index (χ0n) is 12.0. The van der Waals surface area contributed by atoms with Crippen LogP contribution in [0.5, 0.6) is 0 Å². The fourth-order valence-electron chi connectivity index (χ4n) is 2.27. The van der Waals surface area contributed by atoms with Crippen LogP contribution in [0.1, 0.15) is 22.3 Å². The molecule has 0 spiro atoms. The number of nitrogens with two attached hydrogens (primary N) is 1. The van der Waals surface area contributed by atoms with E-state index in [2.05, 4.69) is 55.9 Å². The van der Waals surface area contributed by atoms with Gasteiger partial charge in [-0.15, -0.1) is 0 Å². The van der Waals surface area contributed by atoms with E-state index in [0.29, 0.717) is 0 Å². The molecule has 0 unspecified atom stereocenters. The Morgan fingerprint density at radius 2 is 1.32 bits per heavy atom. The van der Waals surface area contributed by atoms with Gasteiger partial charge in [-0.25, -0.2) is 0 Å². The molecule has 0 aliphatic carbocycles. The lowest BCUT2D eigenvalue weighted by molar-refractivity contribution is 1.32. The lowest BCUT2D eigenvalue weighted by Gasteiger charge is -2.15. The van der Waals surface area contributed by atoms with Crippen molar-refractivity contribution in [2.45, 2.75) is 27.7 Å². The van der Waals surface area contributed by atoms with Crippen LogP contribution < -0.4 is 16.6 Å². The Hall–Kier alpha value is -2.16. The first kappa shape index (κ1) is 13.3. The van der Waals surface area contributed by atoms with E-state index in [1.165, 1.54) is 16.7 Å². The number of rotatable bonds is 3. The van der Waals surface area contributed by atoms with Gasteiger partial charge in [-0.1, -0.05) is 12.1 Å². The highest BCUT2D eigenvalue weighted by molar-refractivity contribution is 5.72. The number of nitrogen functional groups attached to an aromatic ring is 1. The average molecular weight is 255 g/mol. The molecule has 0 saturated heterocycles. The zero-order valence-corrected chi connectivity index (χ0v) is 12.0. The van der Waals surface area contributed by atoms with E-state index in [4.69, 9.17) is 5.73 Å². The molecule has 19 heavy (non-hydrogen) atoms. The van der Waals surface area contributed by atoms with Gasteiger partial charge in [0.05, 0.1) is 17.1 Å². The van der Waals surface area contributed by atoms with Crippen molar-refractivity contribution in [1.29, 1.82) is 0 Å². The quantitative estimate of drug-likeness (QED) is 0.575. The van der Waals surface area contributed by atoms with Gasteiger partial charge < -0.3 is 11.2 Å². The van der Waals surface area contributed by atoms with Crippen molar-refractivity contribution in [1.82, 2.24) is 0 Å². The summed E-state index contributed by atoms with van der Waals surface area (Å²) in [5, 5.41) is 0. The van der Waals surface area contributed by atoms with Crippen molar-refractivity contribution in [3.63, 3.8) is 0 Å². The lowest BCUT2D eigenvalue weighted by atomic mass is 10.1. The molecule has 0 bridgehead atoms. The first-order chi connectivity index (χ1) is 8.95. The second-order valence-electron chi connectivity index (χ2n) is 5.17. The van der Waals surface area contributed by atoms with Gasteiger partial charge in [0, 0.05) is 0 Å². The van der Waals surface area contributed by atoms with E-state index in [9.17, 15) is 0 Å². The Morgan fingerprint density at radius 3 is 1.95 bits per heavy atom. The minimum absolute atomic E-state index is 0.780. The summed E-state index contributed by atoms with van der Waals surface area (Å²) in [6.45, 7) is 8.26. The molecule has 0 fully saturated rings. The molecular weight excluding hydrogens is 234 g/mol. The topological polar surface area (TPSA) is 50.1 Å². The zero-order chi connectivity index (χ0) is 14.0. The second-order valence-corrected chi connectivity index (χ2v) is 5.17. The van der Waals surface area contributed by atoms with Crippen molar-refractivity contribution in [3.05, 3.63) is 52.6 Å². The third-order valence-electron chi connectivity index (χ3n) is 3.09. The maximum absolute atomic E-state index is 6.07. The summed E-state index contributed by atoms with van der Waals surface area (Å²) < 4.78 is 0. The van der Waals surface area contributed by atoms with E-state index in [-0.39, 0.29) is 0 Å². The fourth-order valence-corrected chi connectivity index (χ4v) is 2.27. The molecule has 3 nitrogen and oxygen atoms in total. The molecule has 0 aromatic heterocycles. The maximum atomic E-state index is 6.07. The first-order valence-corrected chi connectivity index (χ1v) is 6.43. The standard InChI is InChI=1S/C16H21N3/c1-10-5-11(2)8-14(7-10)18-19-15-9-12(3)6-13(4)16(15)17/h5-9,18-19H,17H2,1-4H3. The predicted molar refractivity (Wildman–Crippen MR) is 83.5 cm³/mol. The predicted octanol–water partition coefficient (Wildman–Crippen LogP) is 3.94. The van der Waals surface area contributed by atoms with Crippen molar-refractivity contribution in [2.24, 2.45) is 0 Å². The smallest absolute Gasteiger partial charge is 0.0774 e. The highest BCUT2D eigenvalue weighted by Crippen LogP contribution is 2.24. The summed E-state index contributed by atoms with van der Waals surface area (Å²) in [4.78, 5) is 0. The number of hydrazine groups is 1. The van der Waals surface area contributed by atoms with Gasteiger partial charge in [0.25, 0.3) is 0 Å². The normalized spacial score (nSPS) is 10.3. The summed E-state index contributed by atoms with van der Waals surface area (Å²) in [6, 6.07) is 10.5. The third kappa shape index (κ3) is 3.19. The van der Waals surface area contributed by atoms with Crippen molar-refractivity contribution in [3.8, 4) is 0 Å². The highest BCUT2D eigenvalue weighted by atomic mass is 15.4. The van der Waals surface area contributed by atoms with Gasteiger partial charge in [-0.05, 0) is 68.1 Å². The number of nitrogens with one attached hydrogen (secondary N) is 2. The van der Waals surface area contributed by atoms with Gasteiger partial charge in [0.2, 0.25) is 0 Å². The highest BCUT2D eigenvalue weighted by Gasteiger charge is 2.03. The molecule has 0 aliphatic rings. The molecule has 3 heteroatoms. The summed E-state index contributed by atoms with van der Waals surface area (Å²) in [7, 11) is 0. The van der Waals surface area contributed by atoms with E-state index >= 15 is 0 Å². The maximum Gasteiger partial charge on any atom is 0.0774 e. The molecule has 2 rings (SSSR count). The van der Waals surface area contributed by atoms with E-state index in [1.807, 2.05) is 13.0 Å².